The zero-order valence-electron chi connectivity index (χ0n) is 13.5. The minimum absolute atomic E-state index is 0.0651. The summed E-state index contributed by atoms with van der Waals surface area (Å²) in [6.07, 6.45) is 4.47. The highest BCUT2D eigenvalue weighted by Crippen LogP contribution is 2.33. The summed E-state index contributed by atoms with van der Waals surface area (Å²) in [4.78, 5) is 10.2. The Morgan fingerprint density at radius 2 is 2.12 bits per heavy atom. The molecule has 0 saturated heterocycles. The highest BCUT2D eigenvalue weighted by Gasteiger charge is 2.32. The topological polar surface area (TPSA) is 54.3 Å². The Bertz CT molecular complexity index is 752. The van der Waals surface area contributed by atoms with E-state index in [2.05, 4.69) is 27.0 Å². The van der Waals surface area contributed by atoms with Gasteiger partial charge in [-0.1, -0.05) is 30.3 Å². The zero-order chi connectivity index (χ0) is 16.2. The molecule has 3 heterocycles. The number of imidazole rings is 1. The molecule has 0 bridgehead atoms. The first-order chi connectivity index (χ1) is 11.9. The second-order valence-corrected chi connectivity index (χ2v) is 6.01. The first-order valence-electron chi connectivity index (χ1n) is 8.33. The molecule has 0 unspecified atom stereocenters. The largest absolute Gasteiger partial charge is 0.467 e. The van der Waals surface area contributed by atoms with Crippen LogP contribution in [0.3, 0.4) is 0 Å². The number of H-pyrrole nitrogens is 1. The molecule has 5 heteroatoms. The number of nitrogens with zero attached hydrogens (tertiary/aromatic N) is 2. The summed E-state index contributed by atoms with van der Waals surface area (Å²) in [7, 11) is 0. The lowest BCUT2D eigenvalue weighted by Gasteiger charge is -2.33. The summed E-state index contributed by atoms with van der Waals surface area (Å²) >= 11 is 0. The lowest BCUT2D eigenvalue weighted by Crippen LogP contribution is -2.38. The average molecular weight is 323 g/mol. The van der Waals surface area contributed by atoms with Crippen molar-refractivity contribution in [3.8, 4) is 0 Å². The number of fused-ring (bicyclic) bond motifs is 1. The van der Waals surface area contributed by atoms with Crippen LogP contribution in [-0.4, -0.2) is 34.6 Å². The van der Waals surface area contributed by atoms with Gasteiger partial charge in [0.05, 0.1) is 31.5 Å². The van der Waals surface area contributed by atoms with Gasteiger partial charge in [-0.3, -0.25) is 4.90 Å². The smallest absolute Gasteiger partial charge is 0.127 e. The van der Waals surface area contributed by atoms with Gasteiger partial charge in [0, 0.05) is 25.2 Å². The van der Waals surface area contributed by atoms with E-state index in [1.54, 1.807) is 12.6 Å². The highest BCUT2D eigenvalue weighted by molar-refractivity contribution is 5.27. The molecule has 3 aromatic rings. The van der Waals surface area contributed by atoms with Crippen LogP contribution in [-0.2, 0) is 17.8 Å². The fourth-order valence-electron chi connectivity index (χ4n) is 3.27. The van der Waals surface area contributed by atoms with Gasteiger partial charge < -0.3 is 14.1 Å². The molecule has 124 valence electrons. The first-order valence-corrected chi connectivity index (χ1v) is 8.33. The van der Waals surface area contributed by atoms with Crippen molar-refractivity contribution in [2.24, 2.45) is 0 Å². The van der Waals surface area contributed by atoms with Crippen LogP contribution in [0.15, 0.2) is 59.5 Å². The molecule has 4 rings (SSSR count). The van der Waals surface area contributed by atoms with E-state index in [0.717, 1.165) is 31.0 Å². The number of aromatic nitrogens is 2. The third-order valence-corrected chi connectivity index (χ3v) is 4.47. The van der Waals surface area contributed by atoms with Crippen molar-refractivity contribution in [2.75, 3.05) is 19.7 Å². The predicted molar refractivity (Wildman–Crippen MR) is 90.5 cm³/mol. The van der Waals surface area contributed by atoms with Crippen LogP contribution >= 0.6 is 0 Å². The summed E-state index contributed by atoms with van der Waals surface area (Å²) < 4.78 is 11.5. The zero-order valence-corrected chi connectivity index (χ0v) is 13.5. The van der Waals surface area contributed by atoms with Crippen LogP contribution in [0.4, 0.5) is 0 Å². The Kier molecular flexibility index (Phi) is 4.44. The van der Waals surface area contributed by atoms with E-state index in [9.17, 15) is 0 Å². The third-order valence-electron chi connectivity index (χ3n) is 4.47. The summed E-state index contributed by atoms with van der Waals surface area (Å²) in [6.45, 7) is 3.15. The molecule has 1 aromatic carbocycles. The molecule has 2 aromatic heterocycles. The van der Waals surface area contributed by atoms with Gasteiger partial charge in [0.2, 0.25) is 0 Å². The second-order valence-electron chi connectivity index (χ2n) is 6.01. The molecule has 0 spiro atoms. The predicted octanol–water partition coefficient (Wildman–Crippen LogP) is 3.17. The van der Waals surface area contributed by atoms with Gasteiger partial charge in [-0.2, -0.15) is 0 Å². The standard InChI is InChI=1S/C19H21N3O2/c1-2-5-15(6-3-1)13-23-12-10-22-9-8-16-18(21-14-20-16)19(22)17-7-4-11-24-17/h1-7,11,14,19H,8-10,12-13H2,(H,20,21)/t19-/m0/s1. The van der Waals surface area contributed by atoms with Crippen molar-refractivity contribution < 1.29 is 9.15 Å². The van der Waals surface area contributed by atoms with E-state index in [1.165, 1.54) is 11.3 Å². The normalized spacial score (nSPS) is 17.8. The lowest BCUT2D eigenvalue weighted by molar-refractivity contribution is 0.0760. The van der Waals surface area contributed by atoms with Crippen molar-refractivity contribution in [1.82, 2.24) is 14.9 Å². The van der Waals surface area contributed by atoms with Gasteiger partial charge in [0.25, 0.3) is 0 Å². The molecule has 0 radical (unpaired) electrons. The van der Waals surface area contributed by atoms with Crippen molar-refractivity contribution in [3.05, 3.63) is 77.8 Å². The van der Waals surface area contributed by atoms with Crippen LogP contribution in [0, 0.1) is 0 Å². The van der Waals surface area contributed by atoms with E-state index in [1.807, 2.05) is 30.3 Å². The number of hydrogen-bond acceptors (Lipinski definition) is 4. The molecule has 5 nitrogen and oxygen atoms in total. The monoisotopic (exact) mass is 323 g/mol. The van der Waals surface area contributed by atoms with Crippen molar-refractivity contribution in [1.29, 1.82) is 0 Å². The van der Waals surface area contributed by atoms with E-state index in [4.69, 9.17) is 9.15 Å². The van der Waals surface area contributed by atoms with Gasteiger partial charge in [-0.15, -0.1) is 0 Å². The summed E-state index contributed by atoms with van der Waals surface area (Å²) in [6, 6.07) is 14.3. The van der Waals surface area contributed by atoms with E-state index < -0.39 is 0 Å². The fourth-order valence-corrected chi connectivity index (χ4v) is 3.27. The number of nitrogens with one attached hydrogen (secondary N) is 1. The van der Waals surface area contributed by atoms with Gasteiger partial charge in [-0.25, -0.2) is 4.98 Å². The molecule has 0 amide bonds. The Labute approximate surface area is 141 Å². The van der Waals surface area contributed by atoms with Crippen molar-refractivity contribution in [3.63, 3.8) is 0 Å². The minimum atomic E-state index is 0.0651. The van der Waals surface area contributed by atoms with Crippen LogP contribution in [0.1, 0.15) is 28.8 Å². The molecule has 1 N–H and O–H groups in total. The number of hydrogen-bond donors (Lipinski definition) is 1. The molecule has 0 aliphatic carbocycles. The summed E-state index contributed by atoms with van der Waals surface area (Å²) in [5.41, 5.74) is 3.48. The Morgan fingerprint density at radius 1 is 1.21 bits per heavy atom. The van der Waals surface area contributed by atoms with Crippen molar-refractivity contribution >= 4 is 0 Å². The molecule has 1 aliphatic rings. The molecule has 1 atom stereocenters. The van der Waals surface area contributed by atoms with E-state index in [-0.39, 0.29) is 6.04 Å². The maximum absolute atomic E-state index is 5.86. The molecule has 0 fully saturated rings. The van der Waals surface area contributed by atoms with E-state index in [0.29, 0.717) is 13.2 Å². The Hall–Kier alpha value is -2.37. The number of ether oxygens (including phenoxy) is 1. The fraction of sp³-hybridized carbons (Fsp3) is 0.316. The molecule has 1 aliphatic heterocycles. The Morgan fingerprint density at radius 3 is 2.96 bits per heavy atom. The van der Waals surface area contributed by atoms with Gasteiger partial charge in [0.15, 0.2) is 0 Å². The number of benzene rings is 1. The molecule has 24 heavy (non-hydrogen) atoms. The maximum Gasteiger partial charge on any atom is 0.127 e. The van der Waals surface area contributed by atoms with Crippen LogP contribution in [0.2, 0.25) is 0 Å². The molecular formula is C19H21N3O2. The average Bonchev–Trinajstić information content (AvgIpc) is 3.30. The lowest BCUT2D eigenvalue weighted by atomic mass is 10.0. The first kappa shape index (κ1) is 15.2. The Balaban J connectivity index is 1.40. The van der Waals surface area contributed by atoms with Crippen LogP contribution < -0.4 is 0 Å². The molecular weight excluding hydrogens is 302 g/mol. The number of furan rings is 1. The SMILES string of the molecule is c1ccc(COCCN2CCc3[nH]cnc3[C@@H]2c2ccco2)cc1. The second kappa shape index (κ2) is 7.03. The summed E-state index contributed by atoms with van der Waals surface area (Å²) in [5, 5.41) is 0. The highest BCUT2D eigenvalue weighted by atomic mass is 16.5. The minimum Gasteiger partial charge on any atom is -0.467 e. The number of rotatable bonds is 6. The molecule has 0 saturated carbocycles. The van der Waals surface area contributed by atoms with Gasteiger partial charge in [0.1, 0.15) is 11.8 Å². The quantitative estimate of drug-likeness (QED) is 0.708. The van der Waals surface area contributed by atoms with Crippen LogP contribution in [0.25, 0.3) is 0 Å². The summed E-state index contributed by atoms with van der Waals surface area (Å²) in [5.74, 6) is 0.936. The third kappa shape index (κ3) is 3.13. The number of aromatic amines is 1. The van der Waals surface area contributed by atoms with Crippen LogP contribution in [0.5, 0.6) is 0 Å². The van der Waals surface area contributed by atoms with E-state index >= 15 is 0 Å². The van der Waals surface area contributed by atoms with Gasteiger partial charge in [-0.05, 0) is 17.7 Å². The maximum atomic E-state index is 5.86. The van der Waals surface area contributed by atoms with Gasteiger partial charge >= 0.3 is 0 Å². The van der Waals surface area contributed by atoms with Crippen molar-refractivity contribution in [2.45, 2.75) is 19.1 Å².